The Balaban J connectivity index is 1.91. The van der Waals surface area contributed by atoms with E-state index in [1.54, 1.807) is 12.1 Å². The van der Waals surface area contributed by atoms with Gasteiger partial charge in [-0.3, -0.25) is 4.79 Å². The van der Waals surface area contributed by atoms with E-state index in [0.29, 0.717) is 18.5 Å². The van der Waals surface area contributed by atoms with Gasteiger partial charge in [0.1, 0.15) is 0 Å². The summed E-state index contributed by atoms with van der Waals surface area (Å²) in [6.07, 6.45) is 2.11. The number of anilines is 1. The number of alkyl halides is 3. The third-order valence-electron chi connectivity index (χ3n) is 4.19. The maximum Gasteiger partial charge on any atom is 0.471 e. The van der Waals surface area contributed by atoms with Crippen LogP contribution in [0.2, 0.25) is 0 Å². The summed E-state index contributed by atoms with van der Waals surface area (Å²) in [5.74, 6) is -1.80. The number of halogens is 3. The molecule has 6 heteroatoms. The highest BCUT2D eigenvalue weighted by Crippen LogP contribution is 2.31. The number of carbonyl (C=O) groups excluding carboxylic acids is 1. The quantitative estimate of drug-likeness (QED) is 0.719. The summed E-state index contributed by atoms with van der Waals surface area (Å²) in [6, 6.07) is 3.27. The molecule has 0 atom stereocenters. The molecule has 2 aliphatic heterocycles. The van der Waals surface area contributed by atoms with Crippen LogP contribution in [-0.2, 0) is 11.2 Å². The van der Waals surface area contributed by atoms with Gasteiger partial charge in [0, 0.05) is 17.5 Å². The topological polar surface area (TPSA) is 32.7 Å². The van der Waals surface area contributed by atoms with E-state index in [4.69, 9.17) is 0 Å². The molecular formula is C16H11F3N2O. The van der Waals surface area contributed by atoms with Gasteiger partial charge in [0.15, 0.2) is 0 Å². The molecular weight excluding hydrogens is 293 g/mol. The van der Waals surface area contributed by atoms with Gasteiger partial charge in [-0.25, -0.2) is 4.99 Å². The lowest BCUT2D eigenvalue weighted by Gasteiger charge is -2.18. The predicted octanol–water partition coefficient (Wildman–Crippen LogP) is 1.77. The lowest BCUT2D eigenvalue weighted by Crippen LogP contribution is -2.40. The number of allylic oxidation sites excluding steroid dienone is 4. The Morgan fingerprint density at radius 3 is 2.86 bits per heavy atom. The third-order valence-corrected chi connectivity index (χ3v) is 4.19. The largest absolute Gasteiger partial charge is 0.471 e. The van der Waals surface area contributed by atoms with E-state index in [2.05, 4.69) is 4.99 Å². The van der Waals surface area contributed by atoms with Crippen LogP contribution in [0.3, 0.4) is 0 Å². The van der Waals surface area contributed by atoms with Crippen molar-refractivity contribution in [1.82, 2.24) is 0 Å². The minimum absolute atomic E-state index is 0.0618. The van der Waals surface area contributed by atoms with Gasteiger partial charge in [-0.15, -0.1) is 0 Å². The van der Waals surface area contributed by atoms with Crippen molar-refractivity contribution in [2.75, 3.05) is 11.4 Å². The highest BCUT2D eigenvalue weighted by atomic mass is 19.4. The van der Waals surface area contributed by atoms with Gasteiger partial charge >= 0.3 is 12.1 Å². The maximum atomic E-state index is 12.7. The number of fused-ring (bicyclic) bond motifs is 4. The second-order valence-electron chi connectivity index (χ2n) is 5.44. The lowest BCUT2D eigenvalue weighted by molar-refractivity contribution is -0.170. The van der Waals surface area contributed by atoms with E-state index in [1.165, 1.54) is 0 Å². The first-order valence-corrected chi connectivity index (χ1v) is 6.96. The summed E-state index contributed by atoms with van der Waals surface area (Å²) in [4.78, 5) is 16.9. The molecule has 4 rings (SSSR count). The monoisotopic (exact) mass is 304 g/mol. The molecule has 0 saturated carbocycles. The number of amides is 1. The van der Waals surface area contributed by atoms with E-state index in [-0.39, 0.29) is 6.54 Å². The zero-order valence-electron chi connectivity index (χ0n) is 11.4. The van der Waals surface area contributed by atoms with Crippen LogP contribution in [0.1, 0.15) is 12.0 Å². The summed E-state index contributed by atoms with van der Waals surface area (Å²) in [5, 5.41) is 1.69. The Bertz CT molecular complexity index is 878. The molecule has 0 saturated heterocycles. The van der Waals surface area contributed by atoms with Crippen molar-refractivity contribution in [2.45, 2.75) is 19.0 Å². The first-order chi connectivity index (χ1) is 10.5. The smallest absolute Gasteiger partial charge is 0.304 e. The first kappa shape index (κ1) is 13.3. The predicted molar refractivity (Wildman–Crippen MR) is 74.6 cm³/mol. The molecule has 1 aromatic rings. The van der Waals surface area contributed by atoms with Gasteiger partial charge in [-0.2, -0.15) is 13.2 Å². The van der Waals surface area contributed by atoms with Crippen LogP contribution in [0.15, 0.2) is 41.1 Å². The molecule has 0 bridgehead atoms. The second-order valence-corrected chi connectivity index (χ2v) is 5.44. The van der Waals surface area contributed by atoms with Crippen LogP contribution in [0.4, 0.5) is 18.9 Å². The fourth-order valence-electron chi connectivity index (χ4n) is 3.28. The van der Waals surface area contributed by atoms with E-state index >= 15 is 0 Å². The molecule has 112 valence electrons. The molecule has 0 unspecified atom stereocenters. The van der Waals surface area contributed by atoms with E-state index in [9.17, 15) is 18.0 Å². The van der Waals surface area contributed by atoms with Crippen LogP contribution < -0.4 is 15.5 Å². The Kier molecular flexibility index (Phi) is 2.61. The molecule has 0 fully saturated rings. The Labute approximate surface area is 123 Å². The van der Waals surface area contributed by atoms with Crippen LogP contribution >= 0.6 is 0 Å². The Morgan fingerprint density at radius 2 is 2.09 bits per heavy atom. The lowest BCUT2D eigenvalue weighted by atomic mass is 9.99. The number of carbonyl (C=O) groups is 1. The molecule has 0 N–H and O–H groups in total. The van der Waals surface area contributed by atoms with Crippen molar-refractivity contribution in [3.63, 3.8) is 0 Å². The summed E-state index contributed by atoms with van der Waals surface area (Å²) in [5.41, 5.74) is 3.06. The summed E-state index contributed by atoms with van der Waals surface area (Å²) in [7, 11) is 0. The van der Waals surface area contributed by atoms with E-state index < -0.39 is 12.1 Å². The van der Waals surface area contributed by atoms with Crippen LogP contribution in [0, 0.1) is 0 Å². The Morgan fingerprint density at radius 1 is 1.27 bits per heavy atom. The summed E-state index contributed by atoms with van der Waals surface area (Å²) < 4.78 is 38.1. The molecule has 3 aliphatic rings. The zero-order valence-corrected chi connectivity index (χ0v) is 11.4. The third kappa shape index (κ3) is 1.76. The molecule has 0 spiro atoms. The van der Waals surface area contributed by atoms with Crippen LogP contribution in [0.25, 0.3) is 5.57 Å². The molecule has 0 radical (unpaired) electrons. The highest BCUT2D eigenvalue weighted by Gasteiger charge is 2.45. The highest BCUT2D eigenvalue weighted by molar-refractivity contribution is 5.99. The van der Waals surface area contributed by atoms with Gasteiger partial charge in [0.2, 0.25) is 0 Å². The normalized spacial score (nSPS) is 18.6. The van der Waals surface area contributed by atoms with Crippen molar-refractivity contribution in [3.05, 3.63) is 52.2 Å². The minimum Gasteiger partial charge on any atom is -0.304 e. The van der Waals surface area contributed by atoms with Crippen LogP contribution in [0.5, 0.6) is 0 Å². The van der Waals surface area contributed by atoms with Crippen molar-refractivity contribution >= 4 is 17.2 Å². The van der Waals surface area contributed by atoms with E-state index in [1.807, 2.05) is 18.2 Å². The summed E-state index contributed by atoms with van der Waals surface area (Å²) >= 11 is 0. The van der Waals surface area contributed by atoms with Crippen molar-refractivity contribution < 1.29 is 18.0 Å². The number of hydrogen-bond donors (Lipinski definition) is 0. The van der Waals surface area contributed by atoms with Crippen LogP contribution in [-0.4, -0.2) is 18.6 Å². The van der Waals surface area contributed by atoms with Gasteiger partial charge < -0.3 is 4.90 Å². The fraction of sp³-hybridized carbons (Fsp3) is 0.250. The number of hydrogen-bond acceptors (Lipinski definition) is 2. The van der Waals surface area contributed by atoms with Gasteiger partial charge in [-0.1, -0.05) is 12.2 Å². The standard InChI is InChI=1S/C16H11F3N2O/c17-16(18,19)15(22)21-8-7-10-13(21)6-5-12-14(10)9-3-1-2-4-11(9)20-12/h1-2,4-6H,3,7-8H2. The minimum atomic E-state index is -4.85. The van der Waals surface area contributed by atoms with E-state index in [0.717, 1.165) is 32.3 Å². The Hall–Kier alpha value is -2.37. The fourth-order valence-corrected chi connectivity index (χ4v) is 3.28. The average molecular weight is 304 g/mol. The SMILES string of the molecule is O=C(N1CCc2c1ccc1c2=C2CC=CC=C2N=1)C(F)(F)F. The number of rotatable bonds is 0. The zero-order chi connectivity index (χ0) is 15.5. The molecule has 0 aromatic heterocycles. The second kappa shape index (κ2) is 4.32. The van der Waals surface area contributed by atoms with Crippen molar-refractivity contribution in [2.24, 2.45) is 4.99 Å². The molecule has 1 amide bonds. The van der Waals surface area contributed by atoms with Gasteiger partial charge in [-0.05, 0) is 42.2 Å². The summed E-state index contributed by atoms with van der Waals surface area (Å²) in [6.45, 7) is 0.0618. The number of nitrogens with zero attached hydrogens (tertiary/aromatic N) is 2. The molecule has 22 heavy (non-hydrogen) atoms. The molecule has 2 heterocycles. The average Bonchev–Trinajstić information content (AvgIpc) is 3.05. The van der Waals surface area contributed by atoms with Gasteiger partial charge in [0.25, 0.3) is 0 Å². The molecule has 3 nitrogen and oxygen atoms in total. The van der Waals surface area contributed by atoms with Crippen molar-refractivity contribution in [3.8, 4) is 0 Å². The first-order valence-electron chi connectivity index (χ1n) is 6.96. The van der Waals surface area contributed by atoms with Gasteiger partial charge in [0.05, 0.1) is 11.1 Å². The maximum absolute atomic E-state index is 12.7. The molecule has 1 aromatic carbocycles. The number of benzene rings is 1. The van der Waals surface area contributed by atoms with Crippen molar-refractivity contribution in [1.29, 1.82) is 0 Å². The molecule has 1 aliphatic carbocycles.